The summed E-state index contributed by atoms with van der Waals surface area (Å²) in [5.41, 5.74) is 8.80. The van der Waals surface area contributed by atoms with Crippen molar-refractivity contribution < 1.29 is 100 Å². The van der Waals surface area contributed by atoms with E-state index in [1.165, 1.54) is 4.90 Å². The molecule has 3 atom stereocenters. The Bertz CT molecular complexity index is 3840. The average molecular weight is 1490 g/mol. The highest BCUT2D eigenvalue weighted by molar-refractivity contribution is 6.03. The predicted octanol–water partition coefficient (Wildman–Crippen LogP) is 6.85. The number of hydrogen-bond donors (Lipinski definition) is 3. The summed E-state index contributed by atoms with van der Waals surface area (Å²) < 4.78 is 70.2. The molecule has 4 N–H and O–H groups in total. The number of rotatable bonds is 51. The van der Waals surface area contributed by atoms with Gasteiger partial charge in [0.15, 0.2) is 11.6 Å². The fraction of sp³-hybridized carbons (Fsp3) is 0.610. The molecule has 3 aliphatic heterocycles. The molecule has 3 unspecified atom stereocenters. The number of cyclic esters (lactones) is 1. The number of carbonyl (C=O) groups is 8. The van der Waals surface area contributed by atoms with Crippen LogP contribution < -0.4 is 16.6 Å². The molecular formula is C77H104N8O22. The summed E-state index contributed by atoms with van der Waals surface area (Å²) in [5, 5.41) is 22.3. The zero-order valence-corrected chi connectivity index (χ0v) is 61.9. The van der Waals surface area contributed by atoms with Crippen molar-refractivity contribution in [2.75, 3.05) is 137 Å². The number of fused-ring (bicyclic) bond motifs is 5. The van der Waals surface area contributed by atoms with E-state index in [2.05, 4.69) is 15.6 Å². The van der Waals surface area contributed by atoms with Gasteiger partial charge in [0.05, 0.1) is 140 Å². The summed E-state index contributed by atoms with van der Waals surface area (Å²) in [5.74, 6) is -2.23. The van der Waals surface area contributed by atoms with Gasteiger partial charge in [0, 0.05) is 91.4 Å². The van der Waals surface area contributed by atoms with Crippen LogP contribution in [0.3, 0.4) is 0 Å². The second-order valence-corrected chi connectivity index (χ2v) is 27.2. The van der Waals surface area contributed by atoms with E-state index in [1.807, 2.05) is 13.1 Å². The van der Waals surface area contributed by atoms with Crippen LogP contribution in [0.25, 0.3) is 22.3 Å². The van der Waals surface area contributed by atoms with Crippen LogP contribution in [0, 0.1) is 23.7 Å². The number of aromatic nitrogens is 5. The first-order chi connectivity index (χ1) is 52.0. The number of unbranched alkanes of at least 4 members (excludes halogenated alkanes) is 1. The van der Waals surface area contributed by atoms with E-state index < -0.39 is 29.2 Å². The number of carbonyl (C=O) groups excluding carboxylic acids is 8. The van der Waals surface area contributed by atoms with E-state index in [4.69, 9.17) is 67.6 Å². The largest absolute Gasteiger partial charge is 0.510 e. The van der Waals surface area contributed by atoms with E-state index in [-0.39, 0.29) is 122 Å². The number of likely N-dealkylation sites (tertiary alicyclic amines) is 1. The van der Waals surface area contributed by atoms with Gasteiger partial charge in [0.2, 0.25) is 23.3 Å². The Kier molecular flexibility index (Phi) is 33.3. The Morgan fingerprint density at radius 1 is 0.729 bits per heavy atom. The molecule has 2 aromatic carbocycles. The number of benzene rings is 2. The minimum Gasteiger partial charge on any atom is -0.508 e. The zero-order chi connectivity index (χ0) is 75.9. The van der Waals surface area contributed by atoms with Crippen molar-refractivity contribution in [3.8, 4) is 17.1 Å². The summed E-state index contributed by atoms with van der Waals surface area (Å²) in [6.07, 6.45) is 7.93. The number of aromatic hydroxyl groups is 1. The van der Waals surface area contributed by atoms with E-state index in [9.17, 15) is 48.3 Å². The number of pyridine rings is 2. The van der Waals surface area contributed by atoms with Crippen molar-refractivity contribution in [1.82, 2.24) is 29.4 Å². The lowest BCUT2D eigenvalue weighted by Gasteiger charge is -2.35. The fourth-order valence-electron chi connectivity index (χ4n) is 13.7. The third kappa shape index (κ3) is 24.3. The highest BCUT2D eigenvalue weighted by Gasteiger charge is 2.51. The number of imide groups is 1. The van der Waals surface area contributed by atoms with Crippen LogP contribution in [0.4, 0.5) is 10.5 Å². The number of nitrogens with two attached hydrogens (primary N) is 1. The summed E-state index contributed by atoms with van der Waals surface area (Å²) in [6, 6.07) is 13.1. The normalized spacial score (nSPS) is 17.8. The maximum Gasteiger partial charge on any atom is 0.510 e. The lowest BCUT2D eigenvalue weighted by atomic mass is 9.79. The molecule has 584 valence electrons. The number of ether oxygens (including phenoxy) is 12. The Hall–Kier alpha value is -8.30. The van der Waals surface area contributed by atoms with Gasteiger partial charge in [0.25, 0.3) is 5.56 Å². The summed E-state index contributed by atoms with van der Waals surface area (Å²) in [6.45, 7) is 12.4. The molecule has 30 heteroatoms. The maximum absolute atomic E-state index is 14.1. The van der Waals surface area contributed by atoms with Crippen molar-refractivity contribution in [2.45, 2.75) is 149 Å². The molecule has 3 aromatic heterocycles. The number of phenolic OH excluding ortho intramolecular Hbond substituents is 1. The minimum absolute atomic E-state index is 0.0135. The van der Waals surface area contributed by atoms with Crippen molar-refractivity contribution in [3.63, 3.8) is 0 Å². The van der Waals surface area contributed by atoms with E-state index >= 15 is 0 Å². The monoisotopic (exact) mass is 1490 g/mol. The number of Topliss-reactive ketones (excluding diaryl/α,β-unsaturated/α-hetero) is 3. The summed E-state index contributed by atoms with van der Waals surface area (Å²) in [4.78, 5) is 124. The molecule has 1 aliphatic carbocycles. The molecule has 0 spiro atoms. The Morgan fingerprint density at radius 3 is 1.98 bits per heavy atom. The van der Waals surface area contributed by atoms with Crippen LogP contribution in [-0.4, -0.2) is 214 Å². The molecular weight excluding hydrogens is 1390 g/mol. The molecule has 2 fully saturated rings. The molecule has 107 heavy (non-hydrogen) atoms. The molecule has 0 radical (unpaired) electrons. The molecule has 4 aliphatic rings. The van der Waals surface area contributed by atoms with Crippen LogP contribution in [0.15, 0.2) is 59.5 Å². The highest BCUT2D eigenvalue weighted by Crippen LogP contribution is 2.43. The number of hydrogen-bond acceptors (Lipinski definition) is 26. The van der Waals surface area contributed by atoms with Crippen molar-refractivity contribution in [1.29, 1.82) is 0 Å². The zero-order valence-electron chi connectivity index (χ0n) is 61.9. The number of esters is 1. The quantitative estimate of drug-likeness (QED) is 0.0200. The number of ketones is 3. The van der Waals surface area contributed by atoms with Gasteiger partial charge in [-0.05, 0) is 118 Å². The maximum atomic E-state index is 14.1. The Morgan fingerprint density at radius 2 is 1.36 bits per heavy atom. The smallest absolute Gasteiger partial charge is 0.508 e. The van der Waals surface area contributed by atoms with Crippen molar-refractivity contribution in [3.05, 3.63) is 98.6 Å². The summed E-state index contributed by atoms with van der Waals surface area (Å²) >= 11 is 0. The second kappa shape index (κ2) is 43.0. The van der Waals surface area contributed by atoms with Gasteiger partial charge in [-0.3, -0.25) is 38.5 Å². The van der Waals surface area contributed by atoms with Crippen LogP contribution in [0.1, 0.15) is 138 Å². The molecule has 6 heterocycles. The number of phenols is 1. The number of anilines is 1. The van der Waals surface area contributed by atoms with Crippen molar-refractivity contribution in [2.24, 2.45) is 29.4 Å². The number of nitrogens with one attached hydrogen (secondary N) is 1. The first kappa shape index (κ1) is 82.8. The molecule has 9 rings (SSSR count). The number of aryl methyl sites for hydroxylation is 2. The molecule has 1 saturated carbocycles. The van der Waals surface area contributed by atoms with Gasteiger partial charge in [-0.2, -0.15) is 0 Å². The predicted molar refractivity (Wildman–Crippen MR) is 387 cm³/mol. The van der Waals surface area contributed by atoms with E-state index in [0.29, 0.717) is 205 Å². The highest BCUT2D eigenvalue weighted by atomic mass is 16.7. The summed E-state index contributed by atoms with van der Waals surface area (Å²) in [7, 11) is 0. The average Bonchev–Trinajstić information content (AvgIpc) is 1.60. The minimum atomic E-state index is -2.00. The number of nitrogens with zero attached hydrogens (tertiary/aromatic N) is 6. The van der Waals surface area contributed by atoms with Crippen LogP contribution >= 0.6 is 0 Å². The molecule has 3 amide bonds. The first-order valence-electron chi connectivity index (χ1n) is 37.5. The van der Waals surface area contributed by atoms with Gasteiger partial charge in [-0.1, -0.05) is 44.5 Å². The lowest BCUT2D eigenvalue weighted by molar-refractivity contribution is -0.175. The van der Waals surface area contributed by atoms with Gasteiger partial charge < -0.3 is 77.6 Å². The number of amides is 3. The van der Waals surface area contributed by atoms with E-state index in [1.54, 1.807) is 71.6 Å². The Balaban J connectivity index is 0.527. The third-order valence-electron chi connectivity index (χ3n) is 19.6. The second-order valence-electron chi connectivity index (χ2n) is 27.2. The van der Waals surface area contributed by atoms with Crippen molar-refractivity contribution >= 4 is 63.8 Å². The molecule has 30 nitrogen and oxygen atoms in total. The third-order valence-corrected chi connectivity index (χ3v) is 19.6. The SMILES string of the molecule is CCc1c2c(nc3ccc(O)cc13)-c1cc3c(c(=O)n1C2)COC(=O)C3(CC)OC(=O)OCc1ccc(NC(=O)C(CCCCN)CC(=O)COCC(=O)CCCOCCOCCOCCOCCOCCOCCOCCOCCn2cc(CCC(=O)C3CCC(CN4C(=O)CC(C)C4=O)CC3)nn2)cc1. The molecule has 5 aromatic rings. The standard InChI is InChI=1S/C77H104N8O22/c1-4-62-63-43-59(86)20-21-67(63)80-71-64(62)47-84-68(71)44-66-65(74(84)93)51-105-75(94)77(66,5-2)107-76(95)106-48-54-13-17-57(18-14-54)79-72(91)56(9-6-7-23-78)42-61(88)50-104-49-60(87)10-8-25-96-27-29-98-31-33-100-35-37-102-39-40-103-38-36-101-34-32-99-30-28-97-26-24-83-46-58(81-82-83)19-22-69(89)55-15-11-53(12-16-55)45-85-70(90)41-52(3)73(85)92/h13-14,17-18,20-21,43-44,46,52-53,55-56,86H,4-12,15-16,19,22-42,45,47-51,78H2,1-3H3,(H,79,91). The lowest BCUT2D eigenvalue weighted by Crippen LogP contribution is -2.47. The fourth-order valence-corrected chi connectivity index (χ4v) is 13.7. The van der Waals surface area contributed by atoms with Gasteiger partial charge >= 0.3 is 12.1 Å². The molecule has 0 bridgehead atoms. The van der Waals surface area contributed by atoms with Gasteiger partial charge in [0.1, 0.15) is 38.0 Å². The van der Waals surface area contributed by atoms with Gasteiger partial charge in [-0.25, -0.2) is 19.3 Å². The van der Waals surface area contributed by atoms with E-state index in [0.717, 1.165) is 47.9 Å². The molecule has 1 saturated heterocycles. The van der Waals surface area contributed by atoms with Crippen LogP contribution in [0.5, 0.6) is 5.75 Å². The van der Waals surface area contributed by atoms with Crippen LogP contribution in [0.2, 0.25) is 0 Å². The van der Waals surface area contributed by atoms with Gasteiger partial charge in [-0.15, -0.1) is 5.10 Å². The topological polar surface area (TPSA) is 374 Å². The first-order valence-corrected chi connectivity index (χ1v) is 37.5. The van der Waals surface area contributed by atoms with Crippen LogP contribution in [-0.2, 0) is 135 Å². The Labute approximate surface area is 622 Å².